The van der Waals surface area contributed by atoms with Crippen molar-refractivity contribution >= 4 is 12.1 Å². The maximum absolute atomic E-state index is 12.3. The molecular weight excluding hydrogens is 356 g/mol. The number of rotatable bonds is 10. The molecule has 1 unspecified atom stereocenters. The molecule has 0 spiro atoms. The monoisotopic (exact) mass is 384 g/mol. The van der Waals surface area contributed by atoms with Gasteiger partial charge in [-0.3, -0.25) is 4.79 Å². The number of amides is 1. The zero-order chi connectivity index (χ0) is 20.2. The lowest BCUT2D eigenvalue weighted by atomic mass is 10.1. The summed E-state index contributed by atoms with van der Waals surface area (Å²) in [5.41, 5.74) is 4.58. The van der Waals surface area contributed by atoms with Gasteiger partial charge in [0, 0.05) is 6.42 Å². The molecule has 150 valence electrons. The number of ether oxygens (including phenoxy) is 1. The van der Waals surface area contributed by atoms with Crippen LogP contribution in [0.25, 0.3) is 0 Å². The second kappa shape index (κ2) is 11.8. The van der Waals surface area contributed by atoms with E-state index in [1.165, 1.54) is 0 Å². The molecular formula is C22H28N2O4. The van der Waals surface area contributed by atoms with E-state index in [9.17, 15) is 9.59 Å². The number of carbonyl (C=O) groups is 2. The van der Waals surface area contributed by atoms with Crippen LogP contribution in [0.4, 0.5) is 4.79 Å². The molecule has 0 fully saturated rings. The topological polar surface area (TPSA) is 76.7 Å². The lowest BCUT2D eigenvalue weighted by Gasteiger charge is -2.19. The minimum Gasteiger partial charge on any atom is -0.428 e. The van der Waals surface area contributed by atoms with Crippen LogP contribution < -0.4 is 10.8 Å². The molecule has 0 radical (unpaired) electrons. The Hall–Kier alpha value is -2.86. The molecule has 0 aromatic heterocycles. The van der Waals surface area contributed by atoms with E-state index in [0.717, 1.165) is 17.5 Å². The molecule has 28 heavy (non-hydrogen) atoms. The highest BCUT2D eigenvalue weighted by Crippen LogP contribution is 2.12. The molecule has 2 atom stereocenters. The fourth-order valence-electron chi connectivity index (χ4n) is 2.78. The van der Waals surface area contributed by atoms with Gasteiger partial charge in [0.15, 0.2) is 0 Å². The van der Waals surface area contributed by atoms with Crippen molar-refractivity contribution in [3.63, 3.8) is 0 Å². The Morgan fingerprint density at radius 1 is 1.00 bits per heavy atom. The van der Waals surface area contributed by atoms with Crippen molar-refractivity contribution in [2.45, 2.75) is 51.8 Å². The van der Waals surface area contributed by atoms with Crippen LogP contribution in [0.5, 0.6) is 0 Å². The van der Waals surface area contributed by atoms with Crippen molar-refractivity contribution in [2.75, 3.05) is 0 Å². The second-order valence-electron chi connectivity index (χ2n) is 6.63. The van der Waals surface area contributed by atoms with E-state index in [1.807, 2.05) is 74.5 Å². The van der Waals surface area contributed by atoms with E-state index in [2.05, 4.69) is 10.8 Å². The minimum atomic E-state index is -0.817. The van der Waals surface area contributed by atoms with E-state index in [1.54, 1.807) is 0 Å². The number of hydrogen-bond donors (Lipinski definition) is 2. The third-order valence-electron chi connectivity index (χ3n) is 4.25. The van der Waals surface area contributed by atoms with Gasteiger partial charge in [-0.1, -0.05) is 74.0 Å². The number of carbonyl (C=O) groups excluding carboxylic acids is 2. The molecule has 0 heterocycles. The van der Waals surface area contributed by atoms with Crippen LogP contribution in [0.3, 0.4) is 0 Å². The molecule has 1 amide bonds. The summed E-state index contributed by atoms with van der Waals surface area (Å²) in [6, 6.07) is 18.7. The molecule has 0 aliphatic carbocycles. The first-order chi connectivity index (χ1) is 13.6. The van der Waals surface area contributed by atoms with Crippen molar-refractivity contribution < 1.29 is 19.2 Å². The summed E-state index contributed by atoms with van der Waals surface area (Å²) >= 11 is 0. The maximum atomic E-state index is 12.3. The molecule has 0 bridgehead atoms. The van der Waals surface area contributed by atoms with Gasteiger partial charge in [-0.15, -0.1) is 5.48 Å². The highest BCUT2D eigenvalue weighted by Gasteiger charge is 2.17. The van der Waals surface area contributed by atoms with Crippen LogP contribution in [-0.4, -0.2) is 18.1 Å². The number of nitrogens with one attached hydrogen (secondary N) is 2. The molecule has 2 rings (SSSR count). The Balaban J connectivity index is 1.75. The Bertz CT molecular complexity index is 722. The first kappa shape index (κ1) is 21.4. The third-order valence-corrected chi connectivity index (χ3v) is 4.25. The van der Waals surface area contributed by atoms with E-state index in [0.29, 0.717) is 6.42 Å². The molecule has 0 aliphatic rings. The smallest absolute Gasteiger partial charge is 0.428 e. The van der Waals surface area contributed by atoms with Crippen LogP contribution in [0.2, 0.25) is 0 Å². The minimum absolute atomic E-state index is 0.0901. The number of hydrogen-bond acceptors (Lipinski definition) is 5. The first-order valence-electron chi connectivity index (χ1n) is 9.55. The van der Waals surface area contributed by atoms with Gasteiger partial charge in [0.2, 0.25) is 5.91 Å². The van der Waals surface area contributed by atoms with Crippen molar-refractivity contribution in [1.29, 1.82) is 0 Å². The number of benzene rings is 2. The van der Waals surface area contributed by atoms with Gasteiger partial charge in [-0.25, -0.2) is 4.79 Å². The quantitative estimate of drug-likeness (QED) is 0.472. The summed E-state index contributed by atoms with van der Waals surface area (Å²) in [4.78, 5) is 29.1. The molecule has 6 heteroatoms. The maximum Gasteiger partial charge on any atom is 0.528 e. The van der Waals surface area contributed by atoms with E-state index < -0.39 is 6.16 Å². The summed E-state index contributed by atoms with van der Waals surface area (Å²) in [5.74, 6) is -0.108. The van der Waals surface area contributed by atoms with Gasteiger partial charge in [0.05, 0.1) is 12.1 Å². The standard InChI is InChI=1S/C22H28N2O4/c1-3-10-20(15-21(25)23-17(2)19-13-8-5-9-14-19)24-28-22(26)27-16-18-11-6-4-7-12-18/h4-9,11-14,17,20,24H,3,10,15-16H2,1-2H3,(H,23,25)/t17-,20?/m0/s1. The molecule has 2 aromatic rings. The lowest BCUT2D eigenvalue weighted by Crippen LogP contribution is -2.37. The fraction of sp³-hybridized carbons (Fsp3) is 0.364. The van der Waals surface area contributed by atoms with E-state index in [4.69, 9.17) is 9.57 Å². The summed E-state index contributed by atoms with van der Waals surface area (Å²) in [5, 5.41) is 2.97. The van der Waals surface area contributed by atoms with Crippen LogP contribution in [0.1, 0.15) is 50.3 Å². The van der Waals surface area contributed by atoms with Gasteiger partial charge in [-0.2, -0.15) is 0 Å². The second-order valence-corrected chi connectivity index (χ2v) is 6.63. The Kier molecular flexibility index (Phi) is 9.01. The molecule has 0 saturated heterocycles. The average molecular weight is 384 g/mol. The van der Waals surface area contributed by atoms with E-state index >= 15 is 0 Å². The normalized spacial score (nSPS) is 12.6. The van der Waals surface area contributed by atoms with Gasteiger partial charge in [0.1, 0.15) is 6.61 Å². The average Bonchev–Trinajstić information content (AvgIpc) is 2.72. The lowest BCUT2D eigenvalue weighted by molar-refractivity contribution is -0.123. The molecule has 2 aromatic carbocycles. The predicted molar refractivity (Wildman–Crippen MR) is 107 cm³/mol. The van der Waals surface area contributed by atoms with E-state index in [-0.39, 0.29) is 31.0 Å². The number of hydroxylamine groups is 1. The highest BCUT2D eigenvalue weighted by molar-refractivity contribution is 5.77. The van der Waals surface area contributed by atoms with Crippen molar-refractivity contribution in [2.24, 2.45) is 0 Å². The van der Waals surface area contributed by atoms with Gasteiger partial charge in [0.25, 0.3) is 0 Å². The fourth-order valence-corrected chi connectivity index (χ4v) is 2.78. The zero-order valence-electron chi connectivity index (χ0n) is 16.4. The van der Waals surface area contributed by atoms with Crippen molar-refractivity contribution in [1.82, 2.24) is 10.8 Å². The van der Waals surface area contributed by atoms with Crippen LogP contribution in [0, 0.1) is 0 Å². The van der Waals surface area contributed by atoms with Gasteiger partial charge < -0.3 is 14.9 Å². The highest BCUT2D eigenvalue weighted by atomic mass is 16.8. The third kappa shape index (κ3) is 7.80. The Morgan fingerprint density at radius 2 is 1.64 bits per heavy atom. The van der Waals surface area contributed by atoms with Crippen LogP contribution in [-0.2, 0) is 21.0 Å². The largest absolute Gasteiger partial charge is 0.528 e. The summed E-state index contributed by atoms with van der Waals surface area (Å²) in [7, 11) is 0. The SMILES string of the molecule is CCCC(CC(=O)N[C@@H](C)c1ccccc1)NOC(=O)OCc1ccccc1. The van der Waals surface area contributed by atoms with Crippen LogP contribution >= 0.6 is 0 Å². The Labute approximate surface area is 166 Å². The van der Waals surface area contributed by atoms with Crippen LogP contribution in [0.15, 0.2) is 60.7 Å². The Morgan fingerprint density at radius 3 is 2.29 bits per heavy atom. The zero-order valence-corrected chi connectivity index (χ0v) is 16.4. The summed E-state index contributed by atoms with van der Waals surface area (Å²) in [6.07, 6.45) is 0.931. The van der Waals surface area contributed by atoms with Crippen molar-refractivity contribution in [3.8, 4) is 0 Å². The molecule has 0 saturated carbocycles. The molecule has 2 N–H and O–H groups in total. The van der Waals surface area contributed by atoms with Gasteiger partial charge >= 0.3 is 6.16 Å². The first-order valence-corrected chi connectivity index (χ1v) is 9.55. The predicted octanol–water partition coefficient (Wildman–Crippen LogP) is 4.28. The summed E-state index contributed by atoms with van der Waals surface area (Å²) < 4.78 is 5.06. The van der Waals surface area contributed by atoms with Crippen molar-refractivity contribution in [3.05, 3.63) is 71.8 Å². The van der Waals surface area contributed by atoms with Gasteiger partial charge in [-0.05, 0) is 24.5 Å². The summed E-state index contributed by atoms with van der Waals surface area (Å²) in [6.45, 7) is 4.08. The molecule has 0 aliphatic heterocycles. The molecule has 6 nitrogen and oxygen atoms in total.